The van der Waals surface area contributed by atoms with Gasteiger partial charge in [-0.1, -0.05) is 227 Å². The Labute approximate surface area is 463 Å². The van der Waals surface area contributed by atoms with E-state index in [0.29, 0.717) is 23.7 Å². The van der Waals surface area contributed by atoms with Crippen LogP contribution in [-0.4, -0.2) is 13.2 Å². The predicted molar refractivity (Wildman–Crippen MR) is 323 cm³/mol. The summed E-state index contributed by atoms with van der Waals surface area (Å²) in [6.07, 6.45) is 3.09. The van der Waals surface area contributed by atoms with Gasteiger partial charge in [0.25, 0.3) is 0 Å². The summed E-state index contributed by atoms with van der Waals surface area (Å²) < 4.78 is 4.31. The van der Waals surface area contributed by atoms with Crippen molar-refractivity contribution in [2.75, 3.05) is 13.2 Å². The quantitative estimate of drug-likeness (QED) is 0.160. The highest BCUT2D eigenvalue weighted by atomic mass is 35.5. The lowest BCUT2D eigenvalue weighted by atomic mass is 9.80. The molecule has 0 aromatic heterocycles. The summed E-state index contributed by atoms with van der Waals surface area (Å²) in [4.78, 5) is 0. The summed E-state index contributed by atoms with van der Waals surface area (Å²) in [6.45, 7) is 40.9. The summed E-state index contributed by atoms with van der Waals surface area (Å²) >= 11 is 23.7. The first-order valence-corrected chi connectivity index (χ1v) is 28.5. The van der Waals surface area contributed by atoms with Crippen molar-refractivity contribution in [3.8, 4) is 33.4 Å². The number of methoxy groups -OCH3 is 1. The van der Waals surface area contributed by atoms with Gasteiger partial charge in [0.15, 0.2) is 0 Å². The zero-order chi connectivity index (χ0) is 54.4. The van der Waals surface area contributed by atoms with E-state index in [1.807, 2.05) is 0 Å². The maximum atomic E-state index is 6.27. The molecule has 0 amide bonds. The second kappa shape index (κ2) is 22.2. The molecule has 0 N–H and O–H groups in total. The van der Waals surface area contributed by atoms with E-state index in [-0.39, 0.29) is 32.5 Å². The van der Waals surface area contributed by atoms with Gasteiger partial charge in [-0.3, -0.25) is 0 Å². The summed E-state index contributed by atoms with van der Waals surface area (Å²) in [5.41, 5.74) is 30.1. The lowest BCUT2D eigenvalue weighted by Crippen LogP contribution is -2.15. The molecular weight excluding hydrogens is 975 g/mol. The first-order chi connectivity index (χ1) is 33.7. The third-order valence-electron chi connectivity index (χ3n) is 14.9. The minimum atomic E-state index is 0.0882. The predicted octanol–water partition coefficient (Wildman–Crippen LogP) is 20.6. The first-order valence-electron chi connectivity index (χ1n) is 26.4. The molecule has 392 valence electrons. The van der Waals surface area contributed by atoms with Gasteiger partial charge in [-0.25, -0.2) is 0 Å². The Morgan fingerprint density at radius 1 is 0.315 bits per heavy atom. The smallest absolute Gasteiger partial charge is 0.120 e. The van der Waals surface area contributed by atoms with E-state index in [9.17, 15) is 0 Å². The molecule has 5 heteroatoms. The molecule has 0 spiro atoms. The molecular formula is C68H86Cl4O. The van der Waals surface area contributed by atoms with Crippen molar-refractivity contribution in [3.63, 3.8) is 0 Å². The molecule has 0 saturated heterocycles. The molecule has 73 heavy (non-hydrogen) atoms. The monoisotopic (exact) mass is 1060 g/mol. The molecule has 0 saturated carbocycles. The van der Waals surface area contributed by atoms with Crippen LogP contribution in [-0.2, 0) is 74.1 Å². The third-order valence-corrected chi connectivity index (χ3v) is 16.0. The summed E-state index contributed by atoms with van der Waals surface area (Å²) in [6, 6.07) is 35.5. The van der Waals surface area contributed by atoms with Crippen molar-refractivity contribution in [2.45, 2.75) is 194 Å². The van der Waals surface area contributed by atoms with Crippen molar-refractivity contribution in [3.05, 3.63) is 174 Å². The van der Waals surface area contributed by atoms with Crippen LogP contribution in [0.25, 0.3) is 33.4 Å². The van der Waals surface area contributed by atoms with Gasteiger partial charge in [0, 0.05) is 24.7 Å². The second-order valence-corrected chi connectivity index (χ2v) is 28.0. The molecule has 3 aliphatic carbocycles. The Morgan fingerprint density at radius 3 is 0.740 bits per heavy atom. The van der Waals surface area contributed by atoms with Crippen LogP contribution in [0.15, 0.2) is 91.0 Å². The van der Waals surface area contributed by atoms with Crippen molar-refractivity contribution < 1.29 is 4.74 Å². The molecule has 6 aromatic carbocycles. The number of ether oxygens (including phenoxy) is 1. The number of halogens is 4. The lowest BCUT2D eigenvalue weighted by molar-refractivity contribution is 0.254. The minimum absolute atomic E-state index is 0.0882. The van der Waals surface area contributed by atoms with Crippen LogP contribution in [0.1, 0.15) is 208 Å². The van der Waals surface area contributed by atoms with Crippen LogP contribution in [0.3, 0.4) is 0 Å². The molecule has 6 aromatic rings. The van der Waals surface area contributed by atoms with E-state index < -0.39 is 0 Å². The van der Waals surface area contributed by atoms with E-state index in [1.54, 1.807) is 7.11 Å². The molecule has 9 rings (SSSR count). The van der Waals surface area contributed by atoms with E-state index in [4.69, 9.17) is 46.4 Å². The van der Waals surface area contributed by atoms with Crippen molar-refractivity contribution in [2.24, 2.45) is 0 Å². The van der Waals surface area contributed by atoms with Gasteiger partial charge < -0.3 is 4.74 Å². The molecule has 0 heterocycles. The maximum Gasteiger partial charge on any atom is 0.120 e. The Hall–Kier alpha value is -3.56. The summed E-state index contributed by atoms with van der Waals surface area (Å²) in [5.74, 6) is 1.72. The fraction of sp³-hybridized carbons (Fsp3) is 0.471. The van der Waals surface area contributed by atoms with E-state index in [2.05, 4.69) is 220 Å². The normalized spacial score (nSPS) is 13.5. The average molecular weight is 1060 g/mol. The SMILES string of the molecule is CC(C)(C)c1cc2c(cc1CCl)Cc1cc(CCl)c(C(C)(C)C)cc1-2.CC(C)(C)c1ccc2c(c1)-c1cc(C(C)(C)C)c(CCl)cc1C2.CC(C)(C)c1ccc2c(c1)-c1cc(C(C)(C)C)ccc1C2.COCCl. The van der Waals surface area contributed by atoms with E-state index >= 15 is 0 Å². The average Bonchev–Trinajstić information content (AvgIpc) is 3.98. The van der Waals surface area contributed by atoms with Crippen molar-refractivity contribution >= 4 is 46.4 Å². The van der Waals surface area contributed by atoms with Gasteiger partial charge in [-0.15, -0.1) is 34.8 Å². The van der Waals surface area contributed by atoms with Crippen molar-refractivity contribution in [1.82, 2.24) is 0 Å². The standard InChI is InChI=1S/C23H28Cl2.C22H27Cl.C21H26.C2H5ClO/c1-22(2,3)20-10-18-14(8-16(20)12-24)7-15-9-17(13-25)21(11-19(15)18)23(4,5)6;1-21(2,3)17-8-7-14-9-15-10-16(13-23)20(22(4,5)6)12-19(15)18(14)11-17;1-20(2,3)16-9-7-14-11-15-8-10-17(21(4,5)6)13-19(15)18(14)12-16;1-4-2-3/h8-11H,7,12-13H2,1-6H3;7-8,10-12H,9,13H2,1-6H3;7-10,12-13H,11H2,1-6H3;2H2,1H3. The highest BCUT2D eigenvalue weighted by Gasteiger charge is 2.30. The lowest BCUT2D eigenvalue weighted by Gasteiger charge is -2.25. The largest absolute Gasteiger partial charge is 0.369 e. The van der Waals surface area contributed by atoms with E-state index in [0.717, 1.165) is 19.3 Å². The number of alkyl halides is 4. The van der Waals surface area contributed by atoms with Gasteiger partial charge in [0.05, 0.1) is 0 Å². The van der Waals surface area contributed by atoms with Crippen LogP contribution in [0.4, 0.5) is 0 Å². The van der Waals surface area contributed by atoms with Gasteiger partial charge >= 0.3 is 0 Å². The molecule has 0 bridgehead atoms. The third kappa shape index (κ3) is 13.3. The van der Waals surface area contributed by atoms with Crippen LogP contribution in [0.2, 0.25) is 0 Å². The van der Waals surface area contributed by atoms with Gasteiger partial charge in [0.2, 0.25) is 0 Å². The number of hydrogen-bond acceptors (Lipinski definition) is 1. The van der Waals surface area contributed by atoms with Gasteiger partial charge in [0.1, 0.15) is 6.07 Å². The molecule has 0 fully saturated rings. The van der Waals surface area contributed by atoms with Gasteiger partial charge in [-0.2, -0.15) is 0 Å². The van der Waals surface area contributed by atoms with Crippen LogP contribution >= 0.6 is 46.4 Å². The zero-order valence-electron chi connectivity index (χ0n) is 48.0. The highest BCUT2D eigenvalue weighted by molar-refractivity contribution is 6.18. The Balaban J connectivity index is 0.000000173. The highest BCUT2D eigenvalue weighted by Crippen LogP contribution is 2.46. The summed E-state index contributed by atoms with van der Waals surface area (Å²) in [7, 11) is 1.55. The van der Waals surface area contributed by atoms with Crippen LogP contribution < -0.4 is 0 Å². The number of benzene rings is 6. The first kappa shape index (κ1) is 58.7. The molecule has 0 aliphatic heterocycles. The van der Waals surface area contributed by atoms with E-state index in [1.165, 1.54) is 117 Å². The Morgan fingerprint density at radius 2 is 0.534 bits per heavy atom. The van der Waals surface area contributed by atoms with Crippen molar-refractivity contribution in [1.29, 1.82) is 0 Å². The fourth-order valence-corrected chi connectivity index (χ4v) is 11.3. The topological polar surface area (TPSA) is 9.23 Å². The molecule has 0 radical (unpaired) electrons. The fourth-order valence-electron chi connectivity index (χ4n) is 10.7. The molecule has 0 atom stereocenters. The minimum Gasteiger partial charge on any atom is -0.369 e. The number of fused-ring (bicyclic) bond motifs is 9. The zero-order valence-corrected chi connectivity index (χ0v) is 51.1. The Kier molecular flexibility index (Phi) is 17.8. The van der Waals surface area contributed by atoms with Gasteiger partial charge in [-0.05, 0) is 169 Å². The molecule has 0 unspecified atom stereocenters. The van der Waals surface area contributed by atoms with Crippen LogP contribution in [0, 0.1) is 0 Å². The molecule has 1 nitrogen and oxygen atoms in total. The number of rotatable bonds is 4. The maximum absolute atomic E-state index is 6.27. The number of hydrogen-bond donors (Lipinski definition) is 0. The Bertz CT molecular complexity index is 2810. The molecule has 3 aliphatic rings. The second-order valence-electron chi connectivity index (χ2n) is 26.9. The summed E-state index contributed by atoms with van der Waals surface area (Å²) in [5, 5.41) is 0. The van der Waals surface area contributed by atoms with Crippen LogP contribution in [0.5, 0.6) is 0 Å².